The summed E-state index contributed by atoms with van der Waals surface area (Å²) >= 11 is 0. The standard InChI is InChI=1S/C24H25F2N7/c1-3-5-15-33-21(27-23(30-33)24(25,26)14-4-2)16-17-10-12-18(13-11-17)19-8-6-7-9-20(19)22-28-31-32-29-22/h3,6-13H,1,4-5,14-16H2,2H3,(H,28,29,31,32). The van der Waals surface area contributed by atoms with Gasteiger partial charge in [0.05, 0.1) is 0 Å². The highest BCUT2D eigenvalue weighted by molar-refractivity contribution is 5.80. The SMILES string of the molecule is C=CCCn1nc(C(F)(F)CCC)nc1Cc1ccc(-c2ccccc2-c2nnn[nH]2)cc1. The van der Waals surface area contributed by atoms with Crippen LogP contribution >= 0.6 is 0 Å². The molecule has 7 nitrogen and oxygen atoms in total. The first kappa shape index (κ1) is 22.4. The number of halogens is 2. The molecule has 0 saturated carbocycles. The number of aromatic amines is 1. The Morgan fingerprint density at radius 1 is 1.09 bits per heavy atom. The van der Waals surface area contributed by atoms with Crippen molar-refractivity contribution in [2.45, 2.75) is 45.1 Å². The van der Waals surface area contributed by atoms with E-state index in [0.717, 1.165) is 22.3 Å². The maximum atomic E-state index is 14.4. The molecule has 0 atom stereocenters. The van der Waals surface area contributed by atoms with Crippen LogP contribution in [0.3, 0.4) is 0 Å². The van der Waals surface area contributed by atoms with Gasteiger partial charge in [-0.25, -0.2) is 14.8 Å². The molecule has 0 aliphatic heterocycles. The first-order chi connectivity index (χ1) is 16.0. The van der Waals surface area contributed by atoms with Gasteiger partial charge in [0.25, 0.3) is 0 Å². The van der Waals surface area contributed by atoms with Crippen LogP contribution in [0.15, 0.2) is 61.2 Å². The van der Waals surface area contributed by atoms with Gasteiger partial charge in [0.1, 0.15) is 5.82 Å². The lowest BCUT2D eigenvalue weighted by Gasteiger charge is -2.10. The Hall–Kier alpha value is -3.75. The Morgan fingerprint density at radius 3 is 2.52 bits per heavy atom. The van der Waals surface area contributed by atoms with Gasteiger partial charge in [0.2, 0.25) is 5.82 Å². The third-order valence-electron chi connectivity index (χ3n) is 5.34. The molecule has 4 aromatic rings. The van der Waals surface area contributed by atoms with Gasteiger partial charge in [-0.1, -0.05) is 61.5 Å². The van der Waals surface area contributed by atoms with Gasteiger partial charge in [0.15, 0.2) is 5.82 Å². The molecule has 9 heteroatoms. The number of hydrogen-bond donors (Lipinski definition) is 1. The lowest BCUT2D eigenvalue weighted by molar-refractivity contribution is -0.0232. The third kappa shape index (κ3) is 5.02. The number of hydrogen-bond acceptors (Lipinski definition) is 5. The summed E-state index contributed by atoms with van der Waals surface area (Å²) in [6, 6.07) is 15.8. The second kappa shape index (κ2) is 9.81. The Morgan fingerprint density at radius 2 is 1.85 bits per heavy atom. The van der Waals surface area contributed by atoms with Gasteiger partial charge >= 0.3 is 5.92 Å². The Labute approximate surface area is 190 Å². The van der Waals surface area contributed by atoms with Crippen molar-refractivity contribution in [3.8, 4) is 22.5 Å². The number of allylic oxidation sites excluding steroid dienone is 1. The van der Waals surface area contributed by atoms with Crippen LogP contribution in [0.25, 0.3) is 22.5 Å². The van der Waals surface area contributed by atoms with E-state index >= 15 is 0 Å². The van der Waals surface area contributed by atoms with Crippen LogP contribution in [0.2, 0.25) is 0 Å². The maximum Gasteiger partial charge on any atom is 0.308 e. The number of aromatic nitrogens is 7. The number of nitrogens with zero attached hydrogens (tertiary/aromatic N) is 6. The summed E-state index contributed by atoms with van der Waals surface area (Å²) < 4.78 is 30.4. The van der Waals surface area contributed by atoms with Crippen LogP contribution in [0, 0.1) is 0 Å². The van der Waals surface area contributed by atoms with Crippen molar-refractivity contribution < 1.29 is 8.78 Å². The number of H-pyrrole nitrogens is 1. The summed E-state index contributed by atoms with van der Waals surface area (Å²) in [6.45, 7) is 5.90. The summed E-state index contributed by atoms with van der Waals surface area (Å²) in [4.78, 5) is 4.22. The van der Waals surface area contributed by atoms with E-state index in [-0.39, 0.29) is 6.42 Å². The fraction of sp³-hybridized carbons (Fsp3) is 0.292. The second-order valence-corrected chi connectivity index (χ2v) is 7.78. The molecule has 0 spiro atoms. The molecule has 0 fully saturated rings. The summed E-state index contributed by atoms with van der Waals surface area (Å²) in [5, 5.41) is 18.3. The van der Waals surface area contributed by atoms with Crippen molar-refractivity contribution in [1.82, 2.24) is 35.4 Å². The molecule has 1 N–H and O–H groups in total. The molecule has 2 aromatic carbocycles. The highest BCUT2D eigenvalue weighted by Gasteiger charge is 2.36. The number of rotatable bonds is 10. The third-order valence-corrected chi connectivity index (χ3v) is 5.34. The highest BCUT2D eigenvalue weighted by Crippen LogP contribution is 2.32. The van der Waals surface area contributed by atoms with E-state index in [1.807, 2.05) is 48.5 Å². The Kier molecular flexibility index (Phi) is 6.67. The molecule has 2 heterocycles. The molecule has 0 aliphatic rings. The predicted octanol–water partition coefficient (Wildman–Crippen LogP) is 5.18. The van der Waals surface area contributed by atoms with Gasteiger partial charge in [-0.15, -0.1) is 16.8 Å². The monoisotopic (exact) mass is 449 g/mol. The highest BCUT2D eigenvalue weighted by atomic mass is 19.3. The number of alkyl halides is 2. The molecular weight excluding hydrogens is 424 g/mol. The van der Waals surface area contributed by atoms with E-state index < -0.39 is 11.7 Å². The normalized spacial score (nSPS) is 11.6. The predicted molar refractivity (Wildman–Crippen MR) is 121 cm³/mol. The number of benzene rings is 2. The van der Waals surface area contributed by atoms with Crippen molar-refractivity contribution in [2.75, 3.05) is 0 Å². The summed E-state index contributed by atoms with van der Waals surface area (Å²) in [5.74, 6) is -2.34. The van der Waals surface area contributed by atoms with E-state index in [1.165, 1.54) is 0 Å². The van der Waals surface area contributed by atoms with Crippen LogP contribution < -0.4 is 0 Å². The van der Waals surface area contributed by atoms with Crippen LogP contribution in [0.1, 0.15) is 43.4 Å². The molecule has 0 saturated heterocycles. The molecule has 0 amide bonds. The molecule has 0 radical (unpaired) electrons. The molecule has 0 bridgehead atoms. The zero-order chi connectivity index (χ0) is 23.3. The van der Waals surface area contributed by atoms with E-state index in [2.05, 4.69) is 37.3 Å². The molecule has 33 heavy (non-hydrogen) atoms. The van der Waals surface area contributed by atoms with Gasteiger partial charge in [-0.05, 0) is 40.0 Å². The smallest absolute Gasteiger partial charge is 0.249 e. The van der Waals surface area contributed by atoms with Gasteiger partial charge in [-0.2, -0.15) is 8.78 Å². The molecule has 0 aliphatic carbocycles. The summed E-state index contributed by atoms with van der Waals surface area (Å²) in [6.07, 6.45) is 2.86. The van der Waals surface area contributed by atoms with Crippen LogP contribution in [-0.4, -0.2) is 35.4 Å². The summed E-state index contributed by atoms with van der Waals surface area (Å²) in [7, 11) is 0. The maximum absolute atomic E-state index is 14.4. The zero-order valence-corrected chi connectivity index (χ0v) is 18.4. The van der Waals surface area contributed by atoms with Crippen LogP contribution in [-0.2, 0) is 18.9 Å². The molecule has 2 aromatic heterocycles. The van der Waals surface area contributed by atoms with Gasteiger partial charge < -0.3 is 0 Å². The first-order valence-corrected chi connectivity index (χ1v) is 10.9. The lowest BCUT2D eigenvalue weighted by atomic mass is 9.98. The van der Waals surface area contributed by atoms with E-state index in [4.69, 9.17) is 0 Å². The van der Waals surface area contributed by atoms with Crippen LogP contribution in [0.4, 0.5) is 8.78 Å². The first-order valence-electron chi connectivity index (χ1n) is 10.9. The van der Waals surface area contributed by atoms with E-state index in [0.29, 0.717) is 37.5 Å². The van der Waals surface area contributed by atoms with Crippen molar-refractivity contribution in [1.29, 1.82) is 0 Å². The fourth-order valence-corrected chi connectivity index (χ4v) is 3.68. The molecule has 170 valence electrons. The average Bonchev–Trinajstić information content (AvgIpc) is 3.49. The Balaban J connectivity index is 1.60. The largest absolute Gasteiger partial charge is 0.308 e. The minimum Gasteiger partial charge on any atom is -0.249 e. The molecule has 0 unspecified atom stereocenters. The quantitative estimate of drug-likeness (QED) is 0.337. The van der Waals surface area contributed by atoms with Crippen molar-refractivity contribution in [2.24, 2.45) is 0 Å². The number of aryl methyl sites for hydroxylation is 1. The molecule has 4 rings (SSSR count). The van der Waals surface area contributed by atoms with E-state index in [1.54, 1.807) is 17.7 Å². The minimum absolute atomic E-state index is 0.271. The lowest BCUT2D eigenvalue weighted by Crippen LogP contribution is -2.15. The van der Waals surface area contributed by atoms with Crippen LogP contribution in [0.5, 0.6) is 0 Å². The van der Waals surface area contributed by atoms with Crippen molar-refractivity contribution >= 4 is 0 Å². The number of tetrazole rings is 1. The molecular formula is C24H25F2N7. The number of nitrogens with one attached hydrogen (secondary N) is 1. The fourth-order valence-electron chi connectivity index (χ4n) is 3.68. The zero-order valence-electron chi connectivity index (χ0n) is 18.4. The van der Waals surface area contributed by atoms with E-state index in [9.17, 15) is 8.78 Å². The second-order valence-electron chi connectivity index (χ2n) is 7.78. The Bertz CT molecular complexity index is 1200. The minimum atomic E-state index is -3.04. The summed E-state index contributed by atoms with van der Waals surface area (Å²) in [5.41, 5.74) is 3.82. The average molecular weight is 450 g/mol. The van der Waals surface area contributed by atoms with Gasteiger partial charge in [-0.3, -0.25) is 0 Å². The van der Waals surface area contributed by atoms with Crippen molar-refractivity contribution in [3.05, 3.63) is 78.4 Å². The van der Waals surface area contributed by atoms with Gasteiger partial charge in [0, 0.05) is 24.9 Å². The van der Waals surface area contributed by atoms with Crippen molar-refractivity contribution in [3.63, 3.8) is 0 Å². The topological polar surface area (TPSA) is 85.2 Å².